The number of Topliss-reactive ketones (excluding diaryl/α,β-unsaturated/α-hetero) is 1. The number of pyridine rings is 1. The van der Waals surface area contributed by atoms with Gasteiger partial charge in [-0.25, -0.2) is 0 Å². The Morgan fingerprint density at radius 3 is 2.80 bits per heavy atom. The summed E-state index contributed by atoms with van der Waals surface area (Å²) in [6.07, 6.45) is 2.30. The summed E-state index contributed by atoms with van der Waals surface area (Å²) in [5, 5.41) is 14.2. The number of hydrogen-bond donors (Lipinski definition) is 2. The lowest BCUT2D eigenvalue weighted by Crippen LogP contribution is -2.23. The summed E-state index contributed by atoms with van der Waals surface area (Å²) in [5.41, 5.74) is 8.42. The number of halogens is 1. The van der Waals surface area contributed by atoms with Crippen molar-refractivity contribution in [2.75, 3.05) is 0 Å². The molecule has 0 fully saturated rings. The smallest absolute Gasteiger partial charge is 0.289 e. The fraction of sp³-hybridized carbons (Fsp3) is 0.150. The number of carbonyl (C=O) groups excluding carboxylic acids is 2. The van der Waals surface area contributed by atoms with Crippen LogP contribution in [0.25, 0.3) is 5.52 Å². The Bertz CT molecular complexity index is 1250. The standard InChI is InChI=1S/C20H17ClN6O3/c1-11-14(9-12-4-2-5-13(21)8-12)27-7-3-6-15(30-10-16-23-25-26-24-16)18(27)17(11)19(28)20(22)29/h2-8H,9-10H2,1H3,(H2,22,29)(H,23,24,25,26). The number of benzene rings is 1. The number of hydrogen-bond acceptors (Lipinski definition) is 6. The molecule has 0 aliphatic heterocycles. The third-order valence-corrected chi connectivity index (χ3v) is 4.99. The highest BCUT2D eigenvalue weighted by atomic mass is 35.5. The highest BCUT2D eigenvalue weighted by Crippen LogP contribution is 2.32. The zero-order chi connectivity index (χ0) is 21.3. The Labute approximate surface area is 175 Å². The first kappa shape index (κ1) is 19.6. The van der Waals surface area contributed by atoms with Gasteiger partial charge in [0, 0.05) is 23.3 Å². The summed E-state index contributed by atoms with van der Waals surface area (Å²) >= 11 is 6.12. The van der Waals surface area contributed by atoms with E-state index in [9.17, 15) is 9.59 Å². The number of aromatic amines is 1. The van der Waals surface area contributed by atoms with Gasteiger partial charge in [-0.05, 0) is 42.3 Å². The van der Waals surface area contributed by atoms with Crippen molar-refractivity contribution in [3.8, 4) is 5.75 Å². The van der Waals surface area contributed by atoms with Gasteiger partial charge in [-0.2, -0.15) is 5.21 Å². The molecule has 0 unspecified atom stereocenters. The quantitative estimate of drug-likeness (QED) is 0.346. The zero-order valence-electron chi connectivity index (χ0n) is 15.9. The summed E-state index contributed by atoms with van der Waals surface area (Å²) in [6, 6.07) is 10.9. The topological polar surface area (TPSA) is 128 Å². The first-order valence-corrected chi connectivity index (χ1v) is 9.39. The summed E-state index contributed by atoms with van der Waals surface area (Å²) in [7, 11) is 0. The van der Waals surface area contributed by atoms with Crippen molar-refractivity contribution in [2.45, 2.75) is 20.0 Å². The number of carbonyl (C=O) groups is 2. The van der Waals surface area contributed by atoms with Gasteiger partial charge in [0.15, 0.2) is 6.61 Å². The molecule has 0 saturated heterocycles. The Kier molecular flexibility index (Phi) is 5.20. The molecule has 3 heterocycles. The van der Waals surface area contributed by atoms with Gasteiger partial charge in [0.25, 0.3) is 11.7 Å². The van der Waals surface area contributed by atoms with Crippen LogP contribution in [0.3, 0.4) is 0 Å². The average molecular weight is 425 g/mol. The van der Waals surface area contributed by atoms with E-state index in [1.165, 1.54) is 0 Å². The van der Waals surface area contributed by atoms with E-state index >= 15 is 0 Å². The van der Waals surface area contributed by atoms with Crippen LogP contribution in [-0.4, -0.2) is 36.7 Å². The van der Waals surface area contributed by atoms with Crippen molar-refractivity contribution < 1.29 is 14.3 Å². The maximum atomic E-state index is 12.7. The zero-order valence-corrected chi connectivity index (χ0v) is 16.7. The number of H-pyrrole nitrogens is 1. The molecule has 4 aromatic rings. The van der Waals surface area contributed by atoms with E-state index in [1.54, 1.807) is 31.3 Å². The number of amides is 1. The molecule has 3 N–H and O–H groups in total. The van der Waals surface area contributed by atoms with Crippen LogP contribution >= 0.6 is 11.6 Å². The molecule has 1 amide bonds. The lowest BCUT2D eigenvalue weighted by atomic mass is 10.0. The number of fused-ring (bicyclic) bond motifs is 1. The summed E-state index contributed by atoms with van der Waals surface area (Å²) in [4.78, 5) is 24.4. The van der Waals surface area contributed by atoms with Gasteiger partial charge in [0.2, 0.25) is 5.82 Å². The van der Waals surface area contributed by atoms with E-state index < -0.39 is 11.7 Å². The van der Waals surface area contributed by atoms with Crippen LogP contribution in [0, 0.1) is 6.92 Å². The normalized spacial score (nSPS) is 11.0. The van der Waals surface area contributed by atoms with Crippen molar-refractivity contribution in [1.82, 2.24) is 25.0 Å². The molecule has 4 rings (SSSR count). The summed E-state index contributed by atoms with van der Waals surface area (Å²) in [5.74, 6) is -1.07. The number of nitrogens with zero attached hydrogens (tertiary/aromatic N) is 4. The van der Waals surface area contributed by atoms with Gasteiger partial charge in [-0.3, -0.25) is 9.59 Å². The second kappa shape index (κ2) is 7.96. The Hall–Kier alpha value is -3.72. The van der Waals surface area contributed by atoms with Crippen molar-refractivity contribution in [3.05, 3.63) is 75.8 Å². The average Bonchev–Trinajstić information content (AvgIpc) is 3.33. The molecule has 0 aliphatic carbocycles. The molecule has 0 atom stereocenters. The van der Waals surface area contributed by atoms with Crippen molar-refractivity contribution in [3.63, 3.8) is 0 Å². The van der Waals surface area contributed by atoms with Crippen LogP contribution in [0.4, 0.5) is 0 Å². The number of primary amides is 1. The fourth-order valence-electron chi connectivity index (χ4n) is 3.42. The van der Waals surface area contributed by atoms with Crippen molar-refractivity contribution >= 4 is 28.8 Å². The van der Waals surface area contributed by atoms with E-state index in [0.29, 0.717) is 34.1 Å². The minimum absolute atomic E-state index is 0.0359. The number of rotatable bonds is 7. The van der Waals surface area contributed by atoms with E-state index in [2.05, 4.69) is 20.6 Å². The van der Waals surface area contributed by atoms with Crippen molar-refractivity contribution in [1.29, 1.82) is 0 Å². The molecule has 0 spiro atoms. The van der Waals surface area contributed by atoms with Gasteiger partial charge in [-0.1, -0.05) is 28.9 Å². The molecule has 0 bridgehead atoms. The largest absolute Gasteiger partial charge is 0.483 e. The third-order valence-electron chi connectivity index (χ3n) is 4.75. The molecule has 1 aromatic carbocycles. The second-order valence-corrected chi connectivity index (χ2v) is 7.09. The van der Waals surface area contributed by atoms with E-state index in [-0.39, 0.29) is 12.2 Å². The predicted octanol–water partition coefficient (Wildman–Crippen LogP) is 2.25. The van der Waals surface area contributed by atoms with Gasteiger partial charge in [-0.15, -0.1) is 10.2 Å². The van der Waals surface area contributed by atoms with Crippen LogP contribution in [0.15, 0.2) is 42.6 Å². The predicted molar refractivity (Wildman–Crippen MR) is 108 cm³/mol. The van der Waals surface area contributed by atoms with Crippen LogP contribution in [-0.2, 0) is 17.8 Å². The molecule has 30 heavy (non-hydrogen) atoms. The van der Waals surface area contributed by atoms with E-state index in [0.717, 1.165) is 11.3 Å². The number of aromatic nitrogens is 5. The maximum absolute atomic E-state index is 12.7. The SMILES string of the molecule is Cc1c(C(=O)C(N)=O)c2c(OCc3nn[nH]n3)cccn2c1Cc1cccc(Cl)c1. The number of ether oxygens (including phenoxy) is 1. The maximum Gasteiger partial charge on any atom is 0.289 e. The second-order valence-electron chi connectivity index (χ2n) is 6.65. The highest BCUT2D eigenvalue weighted by molar-refractivity contribution is 6.44. The number of tetrazole rings is 1. The van der Waals surface area contributed by atoms with E-state index in [1.807, 2.05) is 22.6 Å². The first-order valence-electron chi connectivity index (χ1n) is 9.02. The lowest BCUT2D eigenvalue weighted by molar-refractivity contribution is -0.114. The molecule has 10 heteroatoms. The molecule has 0 radical (unpaired) electrons. The van der Waals surface area contributed by atoms with Gasteiger partial charge < -0.3 is 14.9 Å². The Morgan fingerprint density at radius 2 is 2.10 bits per heavy atom. The number of nitrogens with one attached hydrogen (secondary N) is 1. The molecule has 9 nitrogen and oxygen atoms in total. The van der Waals surface area contributed by atoms with Gasteiger partial charge >= 0.3 is 0 Å². The molecule has 152 valence electrons. The number of ketones is 1. The third kappa shape index (κ3) is 3.62. The first-order chi connectivity index (χ1) is 14.5. The van der Waals surface area contributed by atoms with Gasteiger partial charge in [0.05, 0.1) is 11.1 Å². The fourth-order valence-corrected chi connectivity index (χ4v) is 3.63. The van der Waals surface area contributed by atoms with Gasteiger partial charge in [0.1, 0.15) is 5.75 Å². The van der Waals surface area contributed by atoms with E-state index in [4.69, 9.17) is 22.1 Å². The summed E-state index contributed by atoms with van der Waals surface area (Å²) < 4.78 is 7.67. The van der Waals surface area contributed by atoms with Crippen molar-refractivity contribution in [2.24, 2.45) is 5.73 Å². The molecule has 0 aliphatic rings. The summed E-state index contributed by atoms with van der Waals surface area (Å²) in [6.45, 7) is 1.82. The van der Waals surface area contributed by atoms with Crippen LogP contribution in [0.1, 0.15) is 33.0 Å². The Morgan fingerprint density at radius 1 is 1.27 bits per heavy atom. The van der Waals surface area contributed by atoms with Crippen LogP contribution < -0.4 is 10.5 Å². The minimum Gasteiger partial charge on any atom is -0.483 e. The minimum atomic E-state index is -1.03. The lowest BCUT2D eigenvalue weighted by Gasteiger charge is -2.09. The van der Waals surface area contributed by atoms with Crippen LogP contribution in [0.2, 0.25) is 5.02 Å². The molecule has 3 aromatic heterocycles. The highest BCUT2D eigenvalue weighted by Gasteiger charge is 2.26. The monoisotopic (exact) mass is 424 g/mol. The molecule has 0 saturated carbocycles. The van der Waals surface area contributed by atoms with Crippen LogP contribution in [0.5, 0.6) is 5.75 Å². The number of nitrogens with two attached hydrogens (primary N) is 1. The molecular weight excluding hydrogens is 408 g/mol. The Balaban J connectivity index is 1.85. The molecular formula is C20H17ClN6O3.